The molecule has 4 rings (SSSR count). The molecular weight excluding hydrogens is 600 g/mol. The Bertz CT molecular complexity index is 1480. The van der Waals surface area contributed by atoms with Gasteiger partial charge in [-0.15, -0.1) is 0 Å². The quantitative estimate of drug-likeness (QED) is 0.149. The molecule has 3 aromatic carbocycles. The van der Waals surface area contributed by atoms with Crippen LogP contribution in [0.15, 0.2) is 76.1 Å². The number of halogens is 1. The molecule has 208 valence electrons. The van der Waals surface area contributed by atoms with Gasteiger partial charge >= 0.3 is 0 Å². The lowest BCUT2D eigenvalue weighted by molar-refractivity contribution is -0.387. The largest absolute Gasteiger partial charge is 0.489 e. The van der Waals surface area contributed by atoms with E-state index in [9.17, 15) is 18.5 Å². The van der Waals surface area contributed by atoms with E-state index in [0.717, 1.165) is 11.1 Å². The van der Waals surface area contributed by atoms with Gasteiger partial charge in [0.2, 0.25) is 0 Å². The van der Waals surface area contributed by atoms with Crippen molar-refractivity contribution in [3.63, 3.8) is 0 Å². The molecule has 0 unspecified atom stereocenters. The van der Waals surface area contributed by atoms with Crippen molar-refractivity contribution >= 4 is 45.6 Å². The fraction of sp³-hybridized carbons (Fsp3) is 0.357. The predicted octanol–water partition coefficient (Wildman–Crippen LogP) is 7.08. The molecule has 0 aliphatic carbocycles. The summed E-state index contributed by atoms with van der Waals surface area (Å²) in [6.45, 7) is 11.0. The molecule has 0 bridgehead atoms. The van der Waals surface area contributed by atoms with Gasteiger partial charge in [0.1, 0.15) is 12.4 Å². The van der Waals surface area contributed by atoms with Crippen molar-refractivity contribution in [1.82, 2.24) is 0 Å². The van der Waals surface area contributed by atoms with Crippen LogP contribution in [0.5, 0.6) is 5.75 Å². The molecule has 1 atom stereocenters. The summed E-state index contributed by atoms with van der Waals surface area (Å²) in [5, 5.41) is 11.7. The fourth-order valence-corrected chi connectivity index (χ4v) is 7.88. The highest BCUT2D eigenvalue weighted by molar-refractivity contribution is 9.10. The van der Waals surface area contributed by atoms with E-state index in [0.29, 0.717) is 28.9 Å². The second-order valence-electron chi connectivity index (χ2n) is 11.1. The number of benzene rings is 3. The second kappa shape index (κ2) is 11.0. The molecule has 0 radical (unpaired) electrons. The minimum Gasteiger partial charge on any atom is -0.489 e. The number of anilines is 1. The van der Waals surface area contributed by atoms with Crippen molar-refractivity contribution in [2.24, 2.45) is 0 Å². The standard InChI is InChI=1S/C28H33BrN2O6SSi/c1-28(2,3)39(4,5)37-22-15-23-24(29)16-21(36-19-20-11-7-6-8-12-20)17-26(23)30(18-22)38(34,35)27-14-10-9-13-25(27)31(32)33/h6-14,16-17,22H,15,18-19H2,1-5H3/t22-/m0/s1. The average Bonchev–Trinajstić information content (AvgIpc) is 2.87. The van der Waals surface area contributed by atoms with E-state index in [1.54, 1.807) is 6.07 Å². The molecule has 0 spiro atoms. The summed E-state index contributed by atoms with van der Waals surface area (Å²) in [6, 6.07) is 18.6. The van der Waals surface area contributed by atoms with E-state index in [1.807, 2.05) is 36.4 Å². The molecule has 0 saturated heterocycles. The Morgan fingerprint density at radius 3 is 2.36 bits per heavy atom. The lowest BCUT2D eigenvalue weighted by Gasteiger charge is -2.43. The maximum Gasteiger partial charge on any atom is 0.289 e. The third-order valence-electron chi connectivity index (χ3n) is 7.36. The molecule has 0 N–H and O–H groups in total. The average molecular weight is 634 g/mol. The molecule has 3 aromatic rings. The fourth-order valence-electron chi connectivity index (χ4n) is 4.27. The van der Waals surface area contributed by atoms with Gasteiger partial charge in [-0.05, 0) is 41.4 Å². The number of ether oxygens (including phenoxy) is 1. The zero-order valence-corrected chi connectivity index (χ0v) is 26.1. The first-order valence-corrected chi connectivity index (χ1v) is 17.8. The van der Waals surface area contributed by atoms with Crippen molar-refractivity contribution in [1.29, 1.82) is 0 Å². The van der Waals surface area contributed by atoms with Crippen LogP contribution in [0.25, 0.3) is 0 Å². The van der Waals surface area contributed by atoms with Gasteiger partial charge in [0.25, 0.3) is 15.7 Å². The summed E-state index contributed by atoms with van der Waals surface area (Å²) in [5.74, 6) is 0.482. The SMILES string of the molecule is CC(C)(C)[Si](C)(C)O[C@H]1Cc2c(Br)cc(OCc3ccccc3)cc2N(S(=O)(=O)c2ccccc2[N+](=O)[O-])C1. The summed E-state index contributed by atoms with van der Waals surface area (Å²) in [7, 11) is -6.58. The number of nitro groups is 1. The minimum absolute atomic E-state index is 0.0302. The van der Waals surface area contributed by atoms with Crippen LogP contribution in [0.3, 0.4) is 0 Å². The van der Waals surface area contributed by atoms with Crippen molar-refractivity contribution in [2.75, 3.05) is 10.8 Å². The summed E-state index contributed by atoms with van der Waals surface area (Å²) >= 11 is 3.64. The highest BCUT2D eigenvalue weighted by Gasteiger charge is 2.43. The third kappa shape index (κ3) is 6.21. The normalized spacial score (nSPS) is 16.1. The van der Waals surface area contributed by atoms with Crippen molar-refractivity contribution in [3.8, 4) is 5.75 Å². The molecule has 0 aromatic heterocycles. The van der Waals surface area contributed by atoms with Gasteiger partial charge in [0.15, 0.2) is 13.2 Å². The highest BCUT2D eigenvalue weighted by Crippen LogP contribution is 2.44. The van der Waals surface area contributed by atoms with E-state index in [2.05, 4.69) is 49.8 Å². The van der Waals surface area contributed by atoms with E-state index >= 15 is 0 Å². The smallest absolute Gasteiger partial charge is 0.289 e. The van der Waals surface area contributed by atoms with Gasteiger partial charge < -0.3 is 9.16 Å². The molecule has 39 heavy (non-hydrogen) atoms. The van der Waals surface area contributed by atoms with Crippen LogP contribution in [0.4, 0.5) is 11.4 Å². The Balaban J connectivity index is 1.80. The van der Waals surface area contributed by atoms with Crippen molar-refractivity contribution in [3.05, 3.63) is 92.4 Å². The maximum atomic E-state index is 14.1. The van der Waals surface area contributed by atoms with E-state index in [4.69, 9.17) is 9.16 Å². The van der Waals surface area contributed by atoms with Crippen LogP contribution >= 0.6 is 15.9 Å². The van der Waals surface area contributed by atoms with Crippen LogP contribution in [0, 0.1) is 10.1 Å². The minimum atomic E-state index is -4.33. The van der Waals surface area contributed by atoms with Gasteiger partial charge in [0.05, 0.1) is 23.3 Å². The number of hydrogen-bond acceptors (Lipinski definition) is 6. The van der Waals surface area contributed by atoms with E-state index in [1.165, 1.54) is 28.6 Å². The Morgan fingerprint density at radius 1 is 1.08 bits per heavy atom. The number of nitro benzene ring substituents is 1. The number of hydrogen-bond donors (Lipinski definition) is 0. The van der Waals surface area contributed by atoms with Crippen LogP contribution in [-0.4, -0.2) is 34.3 Å². The first-order valence-electron chi connectivity index (χ1n) is 12.6. The van der Waals surface area contributed by atoms with Gasteiger partial charge in [-0.1, -0.05) is 79.2 Å². The Kier molecular flexibility index (Phi) is 8.28. The number of para-hydroxylation sites is 1. The summed E-state index contributed by atoms with van der Waals surface area (Å²) in [5.41, 5.74) is 1.67. The van der Waals surface area contributed by atoms with Gasteiger partial charge in [-0.2, -0.15) is 0 Å². The molecule has 1 aliphatic rings. The van der Waals surface area contributed by atoms with Crippen LogP contribution < -0.4 is 9.04 Å². The lowest BCUT2D eigenvalue weighted by Crippen LogP contribution is -2.50. The van der Waals surface area contributed by atoms with Crippen LogP contribution in [0.1, 0.15) is 31.9 Å². The molecule has 1 aliphatic heterocycles. The Morgan fingerprint density at radius 2 is 1.72 bits per heavy atom. The number of rotatable bonds is 8. The van der Waals surface area contributed by atoms with Crippen LogP contribution in [-0.2, 0) is 27.5 Å². The Labute approximate surface area is 239 Å². The Hall–Kier alpha value is -2.73. The predicted molar refractivity (Wildman–Crippen MR) is 158 cm³/mol. The number of fused-ring (bicyclic) bond motifs is 1. The van der Waals surface area contributed by atoms with Crippen LogP contribution in [0.2, 0.25) is 18.1 Å². The van der Waals surface area contributed by atoms with E-state index in [-0.39, 0.29) is 16.5 Å². The third-order valence-corrected chi connectivity index (χ3v) is 14.4. The van der Waals surface area contributed by atoms with Gasteiger partial charge in [0, 0.05) is 23.0 Å². The van der Waals surface area contributed by atoms with Crippen molar-refractivity contribution < 1.29 is 22.5 Å². The number of nitrogens with zero attached hydrogens (tertiary/aromatic N) is 2. The first-order chi connectivity index (χ1) is 18.2. The monoisotopic (exact) mass is 632 g/mol. The summed E-state index contributed by atoms with van der Waals surface area (Å²) in [4.78, 5) is 10.7. The van der Waals surface area contributed by atoms with E-state index < -0.39 is 35.1 Å². The van der Waals surface area contributed by atoms with Gasteiger partial charge in [-0.25, -0.2) is 8.42 Å². The molecule has 1 heterocycles. The molecule has 11 heteroatoms. The van der Waals surface area contributed by atoms with Gasteiger partial charge in [-0.3, -0.25) is 14.4 Å². The molecule has 0 saturated carbocycles. The highest BCUT2D eigenvalue weighted by atomic mass is 79.9. The lowest BCUT2D eigenvalue weighted by atomic mass is 10.0. The zero-order chi connectivity index (χ0) is 28.6. The molecule has 8 nitrogen and oxygen atoms in total. The van der Waals surface area contributed by atoms with Crippen molar-refractivity contribution in [2.45, 2.75) is 62.9 Å². The first kappa shape index (κ1) is 29.3. The second-order valence-corrected chi connectivity index (χ2v) is 18.6. The molecule has 0 fully saturated rings. The number of sulfonamides is 1. The summed E-state index contributed by atoms with van der Waals surface area (Å²) < 4.78 is 42.9. The zero-order valence-electron chi connectivity index (χ0n) is 22.7. The topological polar surface area (TPSA) is 99.0 Å². The summed E-state index contributed by atoms with van der Waals surface area (Å²) in [6.07, 6.45) is 0.0629. The molecular formula is C28H33BrN2O6SSi. The maximum absolute atomic E-state index is 14.1. The molecule has 0 amide bonds.